The molecule has 0 aliphatic heterocycles. The van der Waals surface area contributed by atoms with Gasteiger partial charge < -0.3 is 25.7 Å². The summed E-state index contributed by atoms with van der Waals surface area (Å²) in [6.07, 6.45) is 0. The van der Waals surface area contributed by atoms with E-state index in [0.29, 0.717) is 18.8 Å². The van der Waals surface area contributed by atoms with E-state index in [1.165, 1.54) is 0 Å². The van der Waals surface area contributed by atoms with E-state index < -0.39 is 0 Å². The molecule has 5 nitrogen and oxygen atoms in total. The van der Waals surface area contributed by atoms with Gasteiger partial charge >= 0.3 is 0 Å². The predicted octanol–water partition coefficient (Wildman–Crippen LogP) is 1.85. The first-order valence-electron chi connectivity index (χ1n) is 7.19. The second kappa shape index (κ2) is 7.49. The number of aliphatic hydroxyl groups is 2. The van der Waals surface area contributed by atoms with Crippen molar-refractivity contribution < 1.29 is 10.2 Å². The average molecular weight is 321 g/mol. The Kier molecular flexibility index (Phi) is 5.65. The van der Waals surface area contributed by atoms with Gasteiger partial charge in [0.25, 0.3) is 0 Å². The molecular weight excluding hydrogens is 298 g/mol. The van der Waals surface area contributed by atoms with E-state index in [4.69, 9.17) is 5.73 Å². The molecule has 1 aromatic carbocycles. The monoisotopic (exact) mass is 321 g/mol. The van der Waals surface area contributed by atoms with Gasteiger partial charge in [-0.3, -0.25) is 0 Å². The van der Waals surface area contributed by atoms with Gasteiger partial charge in [0.05, 0.1) is 13.2 Å². The summed E-state index contributed by atoms with van der Waals surface area (Å²) in [6, 6.07) is 7.87. The topological polar surface area (TPSA) is 73.0 Å². The van der Waals surface area contributed by atoms with Crippen LogP contribution in [0, 0.1) is 0 Å². The highest BCUT2D eigenvalue weighted by atomic mass is 32.1. The highest BCUT2D eigenvalue weighted by Crippen LogP contribution is 2.38. The first-order valence-corrected chi connectivity index (χ1v) is 8.07. The van der Waals surface area contributed by atoms with Crippen molar-refractivity contribution in [2.75, 3.05) is 55.9 Å². The average Bonchev–Trinajstić information content (AvgIpc) is 2.97. The fourth-order valence-corrected chi connectivity index (χ4v) is 3.33. The number of hydrogen-bond acceptors (Lipinski definition) is 6. The van der Waals surface area contributed by atoms with Crippen molar-refractivity contribution in [2.24, 2.45) is 0 Å². The molecule has 0 unspecified atom stereocenters. The van der Waals surface area contributed by atoms with Crippen LogP contribution >= 0.6 is 11.3 Å². The first kappa shape index (κ1) is 16.6. The zero-order chi connectivity index (χ0) is 16.1. The molecule has 2 aromatic rings. The van der Waals surface area contributed by atoms with E-state index in [1.807, 2.05) is 37.2 Å². The largest absolute Gasteiger partial charge is 0.399 e. The van der Waals surface area contributed by atoms with E-state index in [0.717, 1.165) is 21.8 Å². The lowest BCUT2D eigenvalue weighted by atomic mass is 10.1. The molecule has 22 heavy (non-hydrogen) atoms. The van der Waals surface area contributed by atoms with Crippen LogP contribution in [-0.4, -0.2) is 50.6 Å². The molecule has 0 aliphatic carbocycles. The maximum Gasteiger partial charge on any atom is 0.0606 e. The molecule has 0 aliphatic rings. The van der Waals surface area contributed by atoms with Crippen LogP contribution in [0.4, 0.5) is 17.1 Å². The Morgan fingerprint density at radius 3 is 2.32 bits per heavy atom. The molecule has 2 rings (SSSR count). The molecule has 0 bridgehead atoms. The molecule has 0 amide bonds. The molecule has 0 saturated heterocycles. The number of benzene rings is 1. The second-order valence-corrected chi connectivity index (χ2v) is 6.19. The molecule has 1 heterocycles. The molecule has 1 aromatic heterocycles. The maximum atomic E-state index is 9.27. The summed E-state index contributed by atoms with van der Waals surface area (Å²) in [7, 11) is 4.02. The molecule has 0 spiro atoms. The summed E-state index contributed by atoms with van der Waals surface area (Å²) in [5.41, 5.74) is 9.80. The van der Waals surface area contributed by atoms with Crippen LogP contribution in [0.15, 0.2) is 29.6 Å². The van der Waals surface area contributed by atoms with Gasteiger partial charge in [-0.15, -0.1) is 11.3 Å². The fraction of sp³-hybridized carbons (Fsp3) is 0.375. The summed E-state index contributed by atoms with van der Waals surface area (Å²) in [5, 5.41) is 20.6. The third-order valence-corrected chi connectivity index (χ3v) is 4.42. The molecule has 0 atom stereocenters. The van der Waals surface area contributed by atoms with Crippen LogP contribution in [0.1, 0.15) is 0 Å². The minimum absolute atomic E-state index is 0.0389. The van der Waals surface area contributed by atoms with Crippen molar-refractivity contribution in [2.45, 2.75) is 0 Å². The molecule has 4 N–H and O–H groups in total. The normalized spacial score (nSPS) is 10.7. The number of anilines is 3. The van der Waals surface area contributed by atoms with E-state index in [-0.39, 0.29) is 13.2 Å². The second-order valence-electron chi connectivity index (χ2n) is 5.27. The van der Waals surface area contributed by atoms with E-state index in [1.54, 1.807) is 11.3 Å². The lowest BCUT2D eigenvalue weighted by Crippen LogP contribution is -2.30. The molecule has 120 valence electrons. The Morgan fingerprint density at radius 2 is 1.77 bits per heavy atom. The SMILES string of the molecule is CN(C)c1csc(-c2cc(N)ccc2N(CCO)CCO)c1. The number of rotatable bonds is 7. The number of thiophene rings is 1. The third kappa shape index (κ3) is 3.71. The number of nitrogens with two attached hydrogens (primary N) is 1. The maximum absolute atomic E-state index is 9.27. The van der Waals surface area contributed by atoms with Gasteiger partial charge in [-0.2, -0.15) is 0 Å². The van der Waals surface area contributed by atoms with Crippen molar-refractivity contribution in [3.05, 3.63) is 29.6 Å². The number of hydrogen-bond donors (Lipinski definition) is 3. The smallest absolute Gasteiger partial charge is 0.0606 e. The molecular formula is C16H23N3O2S. The van der Waals surface area contributed by atoms with Crippen LogP contribution < -0.4 is 15.5 Å². The summed E-state index contributed by atoms with van der Waals surface area (Å²) in [4.78, 5) is 5.15. The van der Waals surface area contributed by atoms with Gasteiger partial charge in [-0.05, 0) is 24.3 Å². The molecule has 0 fully saturated rings. The van der Waals surface area contributed by atoms with E-state index >= 15 is 0 Å². The summed E-state index contributed by atoms with van der Waals surface area (Å²) in [5.74, 6) is 0. The zero-order valence-electron chi connectivity index (χ0n) is 13.0. The van der Waals surface area contributed by atoms with Crippen molar-refractivity contribution >= 4 is 28.4 Å². The van der Waals surface area contributed by atoms with E-state index in [2.05, 4.69) is 16.3 Å². The van der Waals surface area contributed by atoms with Crippen LogP contribution in [0.3, 0.4) is 0 Å². The summed E-state index contributed by atoms with van der Waals surface area (Å²) in [6.45, 7) is 1.03. The quantitative estimate of drug-likeness (QED) is 0.679. The Labute approximate surface area is 135 Å². The van der Waals surface area contributed by atoms with Crippen molar-refractivity contribution in [1.29, 1.82) is 0 Å². The minimum atomic E-state index is 0.0389. The van der Waals surface area contributed by atoms with Crippen LogP contribution in [0.25, 0.3) is 10.4 Å². The third-order valence-electron chi connectivity index (χ3n) is 3.47. The predicted molar refractivity (Wildman–Crippen MR) is 94.9 cm³/mol. The molecule has 0 radical (unpaired) electrons. The van der Waals surface area contributed by atoms with Crippen molar-refractivity contribution in [3.8, 4) is 10.4 Å². The van der Waals surface area contributed by atoms with Gasteiger partial charge in [0, 0.05) is 60.1 Å². The number of nitrogen functional groups attached to an aromatic ring is 1. The van der Waals surface area contributed by atoms with E-state index in [9.17, 15) is 10.2 Å². The Bertz CT molecular complexity index is 607. The van der Waals surface area contributed by atoms with Crippen molar-refractivity contribution in [3.63, 3.8) is 0 Å². The minimum Gasteiger partial charge on any atom is -0.399 e. The molecule has 0 saturated carbocycles. The Hall–Kier alpha value is -1.76. The summed E-state index contributed by atoms with van der Waals surface area (Å²) >= 11 is 1.66. The van der Waals surface area contributed by atoms with Gasteiger partial charge in [-0.1, -0.05) is 0 Å². The number of aliphatic hydroxyl groups excluding tert-OH is 2. The van der Waals surface area contributed by atoms with Gasteiger partial charge in [0.15, 0.2) is 0 Å². The van der Waals surface area contributed by atoms with Crippen LogP contribution in [0.5, 0.6) is 0 Å². The highest BCUT2D eigenvalue weighted by molar-refractivity contribution is 7.14. The zero-order valence-corrected chi connectivity index (χ0v) is 13.8. The summed E-state index contributed by atoms with van der Waals surface area (Å²) < 4.78 is 0. The van der Waals surface area contributed by atoms with Crippen LogP contribution in [-0.2, 0) is 0 Å². The Balaban J connectivity index is 2.46. The molecule has 6 heteroatoms. The van der Waals surface area contributed by atoms with Gasteiger partial charge in [0.2, 0.25) is 0 Å². The Morgan fingerprint density at radius 1 is 1.09 bits per heavy atom. The van der Waals surface area contributed by atoms with Crippen molar-refractivity contribution in [1.82, 2.24) is 0 Å². The fourth-order valence-electron chi connectivity index (χ4n) is 2.32. The van der Waals surface area contributed by atoms with Gasteiger partial charge in [-0.25, -0.2) is 0 Å². The van der Waals surface area contributed by atoms with Crippen LogP contribution in [0.2, 0.25) is 0 Å². The van der Waals surface area contributed by atoms with Gasteiger partial charge in [0.1, 0.15) is 0 Å². The highest BCUT2D eigenvalue weighted by Gasteiger charge is 2.14. The standard InChI is InChI=1S/C16H23N3O2S/c1-18(2)13-10-16(22-11-13)14-9-12(17)3-4-15(14)19(5-7-20)6-8-21/h3-4,9-11,20-21H,5-8,17H2,1-2H3. The number of nitrogens with zero attached hydrogens (tertiary/aromatic N) is 2. The first-order chi connectivity index (χ1) is 10.6. The lowest BCUT2D eigenvalue weighted by Gasteiger charge is -2.25. The lowest BCUT2D eigenvalue weighted by molar-refractivity contribution is 0.281.